The molecule has 0 fully saturated rings. The van der Waals surface area contributed by atoms with Gasteiger partial charge in [-0.1, -0.05) is 6.92 Å². The van der Waals surface area contributed by atoms with Crippen molar-refractivity contribution in [1.29, 1.82) is 0 Å². The second-order valence-electron chi connectivity index (χ2n) is 1.18. The Labute approximate surface area is 43.8 Å². The van der Waals surface area contributed by atoms with Gasteiger partial charge in [-0.25, -0.2) is 8.42 Å². The first-order valence-electron chi connectivity index (χ1n) is 1.95. The summed E-state index contributed by atoms with van der Waals surface area (Å²) in [6, 6.07) is 0. The fourth-order valence-electron chi connectivity index (χ4n) is 0.235. The first-order valence-corrected chi connectivity index (χ1v) is 3.80. The number of hydrogen-bond acceptors (Lipinski definition) is 2. The maximum atomic E-state index is 10.1. The lowest BCUT2D eigenvalue weighted by Crippen LogP contribution is -1.92. The van der Waals surface area contributed by atoms with Crippen molar-refractivity contribution in [2.45, 2.75) is 6.92 Å². The van der Waals surface area contributed by atoms with Gasteiger partial charge < -0.3 is 4.72 Å². The molecule has 0 unspecified atom stereocenters. The predicted octanol–water partition coefficient (Wildman–Crippen LogP) is 0.340. The molecule has 0 saturated carbocycles. The van der Waals surface area contributed by atoms with Crippen LogP contribution in [0.4, 0.5) is 0 Å². The molecular formula is C3H8NO2S-. The van der Waals surface area contributed by atoms with Crippen LogP contribution in [0.25, 0.3) is 4.72 Å². The van der Waals surface area contributed by atoms with Crippen LogP contribution in [0, 0.1) is 0 Å². The highest BCUT2D eigenvalue weighted by Crippen LogP contribution is 1.92. The summed E-state index contributed by atoms with van der Waals surface area (Å²) >= 11 is 0. The number of sulfonamides is 1. The molecule has 7 heavy (non-hydrogen) atoms. The van der Waals surface area contributed by atoms with Gasteiger partial charge in [-0.2, -0.15) is 0 Å². The highest BCUT2D eigenvalue weighted by atomic mass is 32.2. The molecule has 0 saturated heterocycles. The smallest absolute Gasteiger partial charge is 0.0692 e. The number of hydrogen-bond donors (Lipinski definition) is 0. The van der Waals surface area contributed by atoms with Crippen molar-refractivity contribution in [3.8, 4) is 0 Å². The molecule has 0 aromatic carbocycles. The molecule has 44 valence electrons. The zero-order valence-corrected chi connectivity index (χ0v) is 5.20. The van der Waals surface area contributed by atoms with E-state index in [0.29, 0.717) is 6.54 Å². The summed E-state index contributed by atoms with van der Waals surface area (Å²) in [6.45, 7) is 2.03. The average molecular weight is 122 g/mol. The lowest BCUT2D eigenvalue weighted by atomic mass is 10.8. The molecule has 0 atom stereocenters. The van der Waals surface area contributed by atoms with Crippen molar-refractivity contribution in [3.63, 3.8) is 0 Å². The van der Waals surface area contributed by atoms with Gasteiger partial charge in [0.25, 0.3) is 0 Å². The first-order chi connectivity index (χ1) is 3.06. The van der Waals surface area contributed by atoms with Crippen LogP contribution in [-0.4, -0.2) is 21.2 Å². The van der Waals surface area contributed by atoms with Gasteiger partial charge in [-0.05, 0) is 0 Å². The molecule has 0 aliphatic heterocycles. The molecule has 0 aliphatic carbocycles. The number of rotatable bonds is 2. The fraction of sp³-hybridized carbons (Fsp3) is 1.00. The topological polar surface area (TPSA) is 48.2 Å². The minimum Gasteiger partial charge on any atom is -0.549 e. The van der Waals surface area contributed by atoms with Gasteiger partial charge in [0.2, 0.25) is 0 Å². The van der Waals surface area contributed by atoms with Gasteiger partial charge >= 0.3 is 0 Å². The summed E-state index contributed by atoms with van der Waals surface area (Å²) in [5.74, 6) is 0. The van der Waals surface area contributed by atoms with Crippen LogP contribution in [0.15, 0.2) is 0 Å². The molecule has 0 aromatic rings. The van der Waals surface area contributed by atoms with Crippen molar-refractivity contribution < 1.29 is 8.42 Å². The Kier molecular flexibility index (Phi) is 2.25. The Balaban J connectivity index is 3.60. The van der Waals surface area contributed by atoms with E-state index >= 15 is 0 Å². The van der Waals surface area contributed by atoms with Crippen molar-refractivity contribution in [2.24, 2.45) is 0 Å². The van der Waals surface area contributed by atoms with Crippen LogP contribution in [0.3, 0.4) is 0 Å². The third-order valence-electron chi connectivity index (χ3n) is 0.364. The van der Waals surface area contributed by atoms with E-state index in [9.17, 15) is 8.42 Å². The molecule has 0 heterocycles. The van der Waals surface area contributed by atoms with Crippen molar-refractivity contribution in [2.75, 3.05) is 12.8 Å². The maximum Gasteiger partial charge on any atom is 0.0692 e. The molecule has 0 spiro atoms. The Morgan fingerprint density at radius 1 is 1.57 bits per heavy atom. The summed E-state index contributed by atoms with van der Waals surface area (Å²) in [4.78, 5) is 0. The van der Waals surface area contributed by atoms with Gasteiger partial charge in [0.05, 0.1) is 10.0 Å². The lowest BCUT2D eigenvalue weighted by molar-refractivity contribution is 0.607. The van der Waals surface area contributed by atoms with Gasteiger partial charge in [0.15, 0.2) is 0 Å². The molecule has 0 aliphatic rings. The second kappa shape index (κ2) is 2.28. The lowest BCUT2D eigenvalue weighted by Gasteiger charge is -2.10. The summed E-state index contributed by atoms with van der Waals surface area (Å²) in [6.07, 6.45) is 1.08. The minimum atomic E-state index is -3.05. The van der Waals surface area contributed by atoms with Gasteiger partial charge in [-0.3, -0.25) is 0 Å². The molecule has 0 bridgehead atoms. The van der Waals surface area contributed by atoms with Crippen LogP contribution in [-0.2, 0) is 10.0 Å². The Hall–Kier alpha value is -0.0900. The van der Waals surface area contributed by atoms with E-state index in [1.54, 1.807) is 6.92 Å². The molecule has 0 aromatic heterocycles. The zero-order chi connectivity index (χ0) is 5.91. The summed E-state index contributed by atoms with van der Waals surface area (Å²) < 4.78 is 23.4. The largest absolute Gasteiger partial charge is 0.549 e. The normalized spacial score (nSPS) is 11.7. The molecular weight excluding hydrogens is 114 g/mol. The van der Waals surface area contributed by atoms with Crippen LogP contribution < -0.4 is 0 Å². The molecule has 0 N–H and O–H groups in total. The van der Waals surface area contributed by atoms with Crippen LogP contribution in [0.5, 0.6) is 0 Å². The first kappa shape index (κ1) is 6.91. The molecule has 0 rings (SSSR count). The van der Waals surface area contributed by atoms with Crippen molar-refractivity contribution in [3.05, 3.63) is 4.72 Å². The van der Waals surface area contributed by atoms with E-state index in [2.05, 4.69) is 4.72 Å². The van der Waals surface area contributed by atoms with Gasteiger partial charge in [-0.15, -0.1) is 6.54 Å². The van der Waals surface area contributed by atoms with E-state index < -0.39 is 10.0 Å². The average Bonchev–Trinajstić information content (AvgIpc) is 1.30. The summed E-state index contributed by atoms with van der Waals surface area (Å²) in [5, 5.41) is 0. The Bertz CT molecular complexity index is 126. The monoisotopic (exact) mass is 122 g/mol. The van der Waals surface area contributed by atoms with Crippen LogP contribution in [0.1, 0.15) is 6.92 Å². The van der Waals surface area contributed by atoms with E-state index in [0.717, 1.165) is 6.26 Å². The van der Waals surface area contributed by atoms with E-state index in [-0.39, 0.29) is 0 Å². The molecule has 0 radical (unpaired) electrons. The second-order valence-corrected chi connectivity index (χ2v) is 2.90. The predicted molar refractivity (Wildman–Crippen MR) is 28.7 cm³/mol. The third kappa shape index (κ3) is 5.91. The molecule has 4 heteroatoms. The highest BCUT2D eigenvalue weighted by Gasteiger charge is 1.77. The maximum absolute atomic E-state index is 10.1. The zero-order valence-electron chi connectivity index (χ0n) is 4.38. The van der Waals surface area contributed by atoms with Gasteiger partial charge in [0, 0.05) is 6.26 Å². The fourth-order valence-corrected chi connectivity index (χ4v) is 0.704. The van der Waals surface area contributed by atoms with Crippen LogP contribution in [0.2, 0.25) is 0 Å². The standard InChI is InChI=1S/C3H8NO2S/c1-3-4-7(2,5)6/h3H2,1-2H3/q-1. The molecule has 3 nitrogen and oxygen atoms in total. The van der Waals surface area contributed by atoms with E-state index in [1.807, 2.05) is 0 Å². The Morgan fingerprint density at radius 3 is 2.00 bits per heavy atom. The van der Waals surface area contributed by atoms with E-state index in [1.165, 1.54) is 0 Å². The number of nitrogens with zero attached hydrogens (tertiary/aromatic N) is 1. The SMILES string of the molecule is CC[N-]S(C)(=O)=O. The Morgan fingerprint density at radius 2 is 2.00 bits per heavy atom. The minimum absolute atomic E-state index is 0.346. The summed E-state index contributed by atoms with van der Waals surface area (Å²) in [7, 11) is -3.05. The quantitative estimate of drug-likeness (QED) is 0.530. The molecule has 0 amide bonds. The highest BCUT2D eigenvalue weighted by molar-refractivity contribution is 7.93. The van der Waals surface area contributed by atoms with Crippen molar-refractivity contribution >= 4 is 10.0 Å². The van der Waals surface area contributed by atoms with E-state index in [4.69, 9.17) is 0 Å². The van der Waals surface area contributed by atoms with Crippen molar-refractivity contribution in [1.82, 2.24) is 0 Å². The third-order valence-corrected chi connectivity index (χ3v) is 1.09. The van der Waals surface area contributed by atoms with Gasteiger partial charge in [0.1, 0.15) is 0 Å². The van der Waals surface area contributed by atoms with Crippen LogP contribution >= 0.6 is 0 Å². The summed E-state index contributed by atoms with van der Waals surface area (Å²) in [5.41, 5.74) is 0.